The molecule has 1 aliphatic rings. The minimum absolute atomic E-state index is 0.0533. The summed E-state index contributed by atoms with van der Waals surface area (Å²) in [4.78, 5) is 73.8. The Bertz CT molecular complexity index is 1100. The Hall–Kier alpha value is -4.26. The SMILES string of the molecule is CC(NC(=O)[C@@H](NC(=O)CCCCCN1C(=O)C=CC1=O)C(C)C)C(=O)Nc1ccc(COC(=O)NCCN)cc1. The lowest BCUT2D eigenvalue weighted by molar-refractivity contribution is -0.137. The van der Waals surface area contributed by atoms with Crippen LogP contribution in [0.4, 0.5) is 10.5 Å². The maximum Gasteiger partial charge on any atom is 0.407 e. The predicted molar refractivity (Wildman–Crippen MR) is 151 cm³/mol. The van der Waals surface area contributed by atoms with Gasteiger partial charge in [-0.1, -0.05) is 32.4 Å². The van der Waals surface area contributed by atoms with Crippen LogP contribution in [0.2, 0.25) is 0 Å². The number of carbonyl (C=O) groups is 6. The van der Waals surface area contributed by atoms with Crippen LogP contribution in [-0.4, -0.2) is 72.2 Å². The van der Waals surface area contributed by atoms with Crippen molar-refractivity contribution in [3.8, 4) is 0 Å². The Labute approximate surface area is 239 Å². The minimum atomic E-state index is -0.875. The monoisotopic (exact) mass is 572 g/mol. The molecule has 0 spiro atoms. The predicted octanol–water partition coefficient (Wildman–Crippen LogP) is 0.941. The molecule has 13 nitrogen and oxygen atoms in total. The fraction of sp³-hybridized carbons (Fsp3) is 0.500. The van der Waals surface area contributed by atoms with Crippen LogP contribution in [0.3, 0.4) is 0 Å². The standard InChI is InChI=1S/C28H40N6O7/c1-18(2)25(33-22(35)7-5-4-6-16-34-23(36)12-13-24(34)37)27(39)31-19(3)26(38)32-21-10-8-20(9-11-21)17-41-28(40)30-15-14-29/h8-13,18-19,25H,4-7,14-17,29H2,1-3H3,(H,30,40)(H,31,39)(H,32,38)(H,33,35)/t19?,25-/m0/s1. The number of imide groups is 1. The number of ether oxygens (including phenoxy) is 1. The molecule has 6 amide bonds. The molecule has 0 bridgehead atoms. The van der Waals surface area contributed by atoms with Crippen molar-refractivity contribution in [3.63, 3.8) is 0 Å². The van der Waals surface area contributed by atoms with E-state index in [1.807, 2.05) is 0 Å². The van der Waals surface area contributed by atoms with Gasteiger partial charge in [-0.15, -0.1) is 0 Å². The zero-order chi connectivity index (χ0) is 30.4. The van der Waals surface area contributed by atoms with Gasteiger partial charge in [0.2, 0.25) is 17.7 Å². The molecule has 1 aromatic rings. The number of amides is 6. The van der Waals surface area contributed by atoms with Crippen molar-refractivity contribution >= 4 is 41.3 Å². The highest BCUT2D eigenvalue weighted by Crippen LogP contribution is 2.12. The molecule has 1 aliphatic heterocycles. The number of carbonyl (C=O) groups excluding carboxylic acids is 6. The highest BCUT2D eigenvalue weighted by molar-refractivity contribution is 6.12. The molecular weight excluding hydrogens is 532 g/mol. The van der Waals surface area contributed by atoms with E-state index in [4.69, 9.17) is 10.5 Å². The molecular formula is C28H40N6O7. The maximum atomic E-state index is 12.9. The smallest absolute Gasteiger partial charge is 0.407 e. The number of unbranched alkanes of at least 4 members (excludes halogenated alkanes) is 2. The molecule has 2 atom stereocenters. The van der Waals surface area contributed by atoms with Crippen LogP contribution in [0.15, 0.2) is 36.4 Å². The van der Waals surface area contributed by atoms with Crippen molar-refractivity contribution in [2.45, 2.75) is 65.1 Å². The zero-order valence-corrected chi connectivity index (χ0v) is 23.7. The number of nitrogens with two attached hydrogens (primary N) is 1. The number of hydrogen-bond donors (Lipinski definition) is 5. The van der Waals surface area contributed by atoms with Crippen LogP contribution < -0.4 is 27.0 Å². The third-order valence-corrected chi connectivity index (χ3v) is 6.21. The summed E-state index contributed by atoms with van der Waals surface area (Å²) in [5.74, 6) is -2.09. The van der Waals surface area contributed by atoms with Crippen molar-refractivity contribution in [3.05, 3.63) is 42.0 Å². The lowest BCUT2D eigenvalue weighted by Gasteiger charge is -2.24. The Kier molecular flexibility index (Phi) is 13.5. The van der Waals surface area contributed by atoms with E-state index in [9.17, 15) is 28.8 Å². The molecule has 1 unspecified atom stereocenters. The van der Waals surface area contributed by atoms with Gasteiger partial charge in [-0.05, 0) is 43.4 Å². The summed E-state index contributed by atoms with van der Waals surface area (Å²) in [5, 5.41) is 10.6. The van der Waals surface area contributed by atoms with E-state index in [0.29, 0.717) is 44.6 Å². The molecule has 0 aromatic heterocycles. The molecule has 6 N–H and O–H groups in total. The summed E-state index contributed by atoms with van der Waals surface area (Å²) in [6.45, 7) is 6.11. The summed E-state index contributed by atoms with van der Waals surface area (Å²) in [6.07, 6.45) is 3.84. The molecule has 41 heavy (non-hydrogen) atoms. The van der Waals surface area contributed by atoms with E-state index < -0.39 is 30.0 Å². The molecule has 0 saturated carbocycles. The first-order valence-electron chi connectivity index (χ1n) is 13.7. The van der Waals surface area contributed by atoms with E-state index in [0.717, 1.165) is 10.5 Å². The molecule has 1 heterocycles. The second-order valence-electron chi connectivity index (χ2n) is 9.97. The van der Waals surface area contributed by atoms with Gasteiger partial charge < -0.3 is 31.7 Å². The van der Waals surface area contributed by atoms with Gasteiger partial charge in [-0.25, -0.2) is 4.79 Å². The molecule has 0 saturated heterocycles. The number of rotatable bonds is 16. The van der Waals surface area contributed by atoms with Crippen molar-refractivity contribution in [2.75, 3.05) is 25.0 Å². The van der Waals surface area contributed by atoms with Crippen LogP contribution >= 0.6 is 0 Å². The van der Waals surface area contributed by atoms with Gasteiger partial charge in [0.15, 0.2) is 0 Å². The highest BCUT2D eigenvalue weighted by atomic mass is 16.5. The second kappa shape index (κ2) is 16.8. The third-order valence-electron chi connectivity index (χ3n) is 6.21. The average Bonchev–Trinajstić information content (AvgIpc) is 3.26. The van der Waals surface area contributed by atoms with Crippen LogP contribution in [0.25, 0.3) is 0 Å². The Morgan fingerprint density at radius 1 is 0.902 bits per heavy atom. The molecule has 0 radical (unpaired) electrons. The number of anilines is 1. The van der Waals surface area contributed by atoms with Gasteiger partial charge in [0, 0.05) is 43.9 Å². The summed E-state index contributed by atoms with van der Waals surface area (Å²) < 4.78 is 5.06. The van der Waals surface area contributed by atoms with E-state index in [1.165, 1.54) is 12.2 Å². The Balaban J connectivity index is 1.74. The van der Waals surface area contributed by atoms with Crippen molar-refractivity contribution in [2.24, 2.45) is 11.7 Å². The quantitative estimate of drug-likeness (QED) is 0.143. The highest BCUT2D eigenvalue weighted by Gasteiger charge is 2.27. The third kappa shape index (κ3) is 11.4. The first kappa shape index (κ1) is 32.9. The number of hydrogen-bond acceptors (Lipinski definition) is 8. The Morgan fingerprint density at radius 2 is 1.56 bits per heavy atom. The fourth-order valence-corrected chi connectivity index (χ4v) is 3.84. The van der Waals surface area contributed by atoms with Gasteiger partial charge in [0.1, 0.15) is 18.7 Å². The number of benzene rings is 1. The van der Waals surface area contributed by atoms with Gasteiger partial charge >= 0.3 is 6.09 Å². The largest absolute Gasteiger partial charge is 0.445 e. The first-order valence-corrected chi connectivity index (χ1v) is 13.7. The molecule has 2 rings (SSSR count). The number of nitrogens with zero attached hydrogens (tertiary/aromatic N) is 1. The molecule has 0 fully saturated rings. The minimum Gasteiger partial charge on any atom is -0.445 e. The number of nitrogens with one attached hydrogen (secondary N) is 4. The topological polar surface area (TPSA) is 189 Å². The summed E-state index contributed by atoms with van der Waals surface area (Å²) in [6, 6.07) is 4.99. The molecule has 1 aromatic carbocycles. The summed E-state index contributed by atoms with van der Waals surface area (Å²) in [5.41, 5.74) is 6.53. The van der Waals surface area contributed by atoms with Crippen molar-refractivity contribution < 1.29 is 33.5 Å². The Morgan fingerprint density at radius 3 is 2.17 bits per heavy atom. The molecule has 0 aliphatic carbocycles. The number of alkyl carbamates (subject to hydrolysis) is 1. The van der Waals surface area contributed by atoms with Gasteiger partial charge in [-0.2, -0.15) is 0 Å². The van der Waals surface area contributed by atoms with Crippen LogP contribution in [-0.2, 0) is 35.3 Å². The average molecular weight is 573 g/mol. The second-order valence-corrected chi connectivity index (χ2v) is 9.97. The fourth-order valence-electron chi connectivity index (χ4n) is 3.84. The maximum absolute atomic E-state index is 12.9. The van der Waals surface area contributed by atoms with Crippen LogP contribution in [0.1, 0.15) is 52.0 Å². The summed E-state index contributed by atoms with van der Waals surface area (Å²) in [7, 11) is 0. The van der Waals surface area contributed by atoms with Gasteiger partial charge in [0.25, 0.3) is 11.8 Å². The van der Waals surface area contributed by atoms with Crippen molar-refractivity contribution in [1.29, 1.82) is 0 Å². The van der Waals surface area contributed by atoms with Gasteiger partial charge in [-0.3, -0.25) is 28.9 Å². The van der Waals surface area contributed by atoms with Gasteiger partial charge in [0.05, 0.1) is 0 Å². The zero-order valence-electron chi connectivity index (χ0n) is 23.7. The van der Waals surface area contributed by atoms with E-state index in [-0.39, 0.29) is 36.7 Å². The molecule has 224 valence electrons. The lowest BCUT2D eigenvalue weighted by atomic mass is 10.0. The van der Waals surface area contributed by atoms with Crippen molar-refractivity contribution in [1.82, 2.24) is 20.9 Å². The van der Waals surface area contributed by atoms with Crippen LogP contribution in [0.5, 0.6) is 0 Å². The van der Waals surface area contributed by atoms with E-state index in [2.05, 4.69) is 21.3 Å². The molecule has 13 heteroatoms. The first-order chi connectivity index (χ1) is 19.5. The van der Waals surface area contributed by atoms with E-state index >= 15 is 0 Å². The summed E-state index contributed by atoms with van der Waals surface area (Å²) >= 11 is 0. The van der Waals surface area contributed by atoms with E-state index in [1.54, 1.807) is 45.0 Å². The van der Waals surface area contributed by atoms with Crippen LogP contribution in [0, 0.1) is 5.92 Å². The lowest BCUT2D eigenvalue weighted by Crippen LogP contribution is -2.53. The normalized spacial score (nSPS) is 14.0.